The summed E-state index contributed by atoms with van der Waals surface area (Å²) in [5.41, 5.74) is 3.94. The van der Waals surface area contributed by atoms with Gasteiger partial charge in [-0.2, -0.15) is 5.10 Å². The molecular formula is C23H23N3O3. The molecule has 0 bridgehead atoms. The number of carbonyl (C=O) groups excluding carboxylic acids is 2. The predicted octanol–water partition coefficient (Wildman–Crippen LogP) is 3.57. The molecule has 0 heterocycles. The van der Waals surface area contributed by atoms with Gasteiger partial charge in [0, 0.05) is 5.56 Å². The quantitative estimate of drug-likeness (QED) is 0.384. The van der Waals surface area contributed by atoms with Gasteiger partial charge in [-0.3, -0.25) is 9.59 Å². The Balaban J connectivity index is 1.70. The van der Waals surface area contributed by atoms with Gasteiger partial charge in [0.25, 0.3) is 0 Å². The Morgan fingerprint density at radius 1 is 1.00 bits per heavy atom. The minimum atomic E-state index is -0.831. The Kier molecular flexibility index (Phi) is 6.58. The van der Waals surface area contributed by atoms with Crippen LogP contribution in [-0.2, 0) is 9.59 Å². The maximum Gasteiger partial charge on any atom is 0.329 e. The van der Waals surface area contributed by atoms with Crippen molar-refractivity contribution >= 4 is 28.8 Å². The van der Waals surface area contributed by atoms with Crippen molar-refractivity contribution in [3.8, 4) is 5.75 Å². The number of hydrazone groups is 1. The van der Waals surface area contributed by atoms with E-state index >= 15 is 0 Å². The zero-order chi connectivity index (χ0) is 20.6. The first-order chi connectivity index (χ1) is 14.1. The second-order valence-corrected chi connectivity index (χ2v) is 6.44. The van der Waals surface area contributed by atoms with Gasteiger partial charge >= 0.3 is 11.8 Å². The highest BCUT2D eigenvalue weighted by Crippen LogP contribution is 2.26. The van der Waals surface area contributed by atoms with Crippen LogP contribution in [0.5, 0.6) is 5.75 Å². The van der Waals surface area contributed by atoms with Gasteiger partial charge in [-0.05, 0) is 36.2 Å². The summed E-state index contributed by atoms with van der Waals surface area (Å²) >= 11 is 0. The fraction of sp³-hybridized carbons (Fsp3) is 0.174. The van der Waals surface area contributed by atoms with Crippen molar-refractivity contribution in [3.63, 3.8) is 0 Å². The van der Waals surface area contributed by atoms with Gasteiger partial charge in [-0.1, -0.05) is 60.7 Å². The average molecular weight is 389 g/mol. The third-order valence-electron chi connectivity index (χ3n) is 4.44. The molecule has 0 aromatic heterocycles. The molecule has 0 aliphatic heterocycles. The van der Waals surface area contributed by atoms with Crippen LogP contribution in [0.1, 0.15) is 31.0 Å². The van der Waals surface area contributed by atoms with Gasteiger partial charge < -0.3 is 10.1 Å². The minimum Gasteiger partial charge on any atom is -0.493 e. The van der Waals surface area contributed by atoms with E-state index in [1.54, 1.807) is 0 Å². The number of hydrogen-bond donors (Lipinski definition) is 2. The molecule has 3 rings (SSSR count). The third-order valence-corrected chi connectivity index (χ3v) is 4.44. The number of amides is 2. The molecule has 29 heavy (non-hydrogen) atoms. The molecule has 3 aromatic carbocycles. The molecule has 3 aromatic rings. The van der Waals surface area contributed by atoms with E-state index in [0.717, 1.165) is 21.9 Å². The van der Waals surface area contributed by atoms with Crippen molar-refractivity contribution in [2.45, 2.75) is 19.9 Å². The second kappa shape index (κ2) is 9.50. The first-order valence-electron chi connectivity index (χ1n) is 9.43. The Morgan fingerprint density at radius 3 is 2.48 bits per heavy atom. The second-order valence-electron chi connectivity index (χ2n) is 6.44. The Labute approximate surface area is 169 Å². The maximum absolute atomic E-state index is 12.1. The molecule has 0 radical (unpaired) electrons. The van der Waals surface area contributed by atoms with Crippen LogP contribution in [0.3, 0.4) is 0 Å². The third kappa shape index (κ3) is 4.99. The van der Waals surface area contributed by atoms with E-state index < -0.39 is 11.8 Å². The molecule has 0 unspecified atom stereocenters. The average Bonchev–Trinajstić information content (AvgIpc) is 2.75. The standard InChI is InChI=1S/C23H23N3O3/c1-3-29-21-14-13-18-11-7-8-12-19(18)20(21)15-24-26-23(28)22(27)25-16(2)17-9-5-4-6-10-17/h4-16H,3H2,1-2H3,(H,25,27)(H,26,28)/b24-15-/t16-/m1/s1. The van der Waals surface area contributed by atoms with E-state index in [0.29, 0.717) is 12.4 Å². The Morgan fingerprint density at radius 2 is 1.72 bits per heavy atom. The van der Waals surface area contributed by atoms with Crippen LogP contribution >= 0.6 is 0 Å². The molecule has 6 nitrogen and oxygen atoms in total. The topological polar surface area (TPSA) is 79.8 Å². The molecule has 148 valence electrons. The molecule has 0 aliphatic carbocycles. The summed E-state index contributed by atoms with van der Waals surface area (Å²) in [7, 11) is 0. The van der Waals surface area contributed by atoms with Gasteiger partial charge in [0.05, 0.1) is 18.9 Å². The molecule has 0 spiro atoms. The summed E-state index contributed by atoms with van der Waals surface area (Å²) in [5, 5.41) is 8.60. The minimum absolute atomic E-state index is 0.291. The zero-order valence-corrected chi connectivity index (χ0v) is 16.4. The number of nitrogens with one attached hydrogen (secondary N) is 2. The van der Waals surface area contributed by atoms with Crippen LogP contribution < -0.4 is 15.5 Å². The Bertz CT molecular complexity index is 1030. The number of rotatable bonds is 6. The monoisotopic (exact) mass is 389 g/mol. The van der Waals surface area contributed by atoms with Crippen molar-refractivity contribution < 1.29 is 14.3 Å². The zero-order valence-electron chi connectivity index (χ0n) is 16.4. The van der Waals surface area contributed by atoms with Crippen LogP contribution in [-0.4, -0.2) is 24.6 Å². The fourth-order valence-corrected chi connectivity index (χ4v) is 2.98. The van der Waals surface area contributed by atoms with Crippen molar-refractivity contribution in [2.24, 2.45) is 5.10 Å². The fourth-order valence-electron chi connectivity index (χ4n) is 2.98. The summed E-state index contributed by atoms with van der Waals surface area (Å²) in [4.78, 5) is 24.2. The summed E-state index contributed by atoms with van der Waals surface area (Å²) in [6.45, 7) is 4.22. The van der Waals surface area contributed by atoms with Crippen molar-refractivity contribution in [1.29, 1.82) is 0 Å². The molecule has 0 saturated heterocycles. The van der Waals surface area contributed by atoms with Gasteiger partial charge in [0.15, 0.2) is 0 Å². The number of fused-ring (bicyclic) bond motifs is 1. The highest BCUT2D eigenvalue weighted by molar-refractivity contribution is 6.35. The highest BCUT2D eigenvalue weighted by atomic mass is 16.5. The Hall–Kier alpha value is -3.67. The number of benzene rings is 3. The van der Waals surface area contributed by atoms with Crippen LogP contribution in [0.4, 0.5) is 0 Å². The number of nitrogens with zero attached hydrogens (tertiary/aromatic N) is 1. The molecule has 0 aliphatic rings. The smallest absolute Gasteiger partial charge is 0.329 e. The first-order valence-corrected chi connectivity index (χ1v) is 9.43. The molecule has 0 fully saturated rings. The normalized spacial score (nSPS) is 11.9. The van der Waals surface area contributed by atoms with E-state index in [-0.39, 0.29) is 6.04 Å². The van der Waals surface area contributed by atoms with Crippen LogP contribution in [0.25, 0.3) is 10.8 Å². The molecule has 0 saturated carbocycles. The van der Waals surface area contributed by atoms with Gasteiger partial charge in [0.2, 0.25) is 0 Å². The number of ether oxygens (including phenoxy) is 1. The SMILES string of the molecule is CCOc1ccc2ccccc2c1/C=N\NC(=O)C(=O)N[C@H](C)c1ccccc1. The summed E-state index contributed by atoms with van der Waals surface area (Å²) in [5.74, 6) is -0.921. The largest absolute Gasteiger partial charge is 0.493 e. The molecule has 2 amide bonds. The molecular weight excluding hydrogens is 366 g/mol. The van der Waals surface area contributed by atoms with E-state index in [2.05, 4.69) is 15.8 Å². The van der Waals surface area contributed by atoms with Crippen molar-refractivity contribution in [2.75, 3.05) is 6.61 Å². The lowest BCUT2D eigenvalue weighted by atomic mass is 10.0. The van der Waals surface area contributed by atoms with Crippen LogP contribution in [0.15, 0.2) is 71.8 Å². The highest BCUT2D eigenvalue weighted by Gasteiger charge is 2.16. The van der Waals surface area contributed by atoms with E-state index in [1.807, 2.05) is 80.6 Å². The predicted molar refractivity (Wildman–Crippen MR) is 114 cm³/mol. The van der Waals surface area contributed by atoms with E-state index in [9.17, 15) is 9.59 Å². The van der Waals surface area contributed by atoms with Crippen molar-refractivity contribution in [3.05, 3.63) is 77.9 Å². The molecule has 2 N–H and O–H groups in total. The molecule has 6 heteroatoms. The van der Waals surface area contributed by atoms with Crippen molar-refractivity contribution in [1.82, 2.24) is 10.7 Å². The van der Waals surface area contributed by atoms with Gasteiger partial charge in [-0.25, -0.2) is 5.43 Å². The van der Waals surface area contributed by atoms with Gasteiger partial charge in [-0.15, -0.1) is 0 Å². The lowest BCUT2D eigenvalue weighted by Crippen LogP contribution is -2.39. The van der Waals surface area contributed by atoms with Gasteiger partial charge in [0.1, 0.15) is 5.75 Å². The summed E-state index contributed by atoms with van der Waals surface area (Å²) < 4.78 is 5.67. The first kappa shape index (κ1) is 20.1. The number of hydrogen-bond acceptors (Lipinski definition) is 4. The summed E-state index contributed by atoms with van der Waals surface area (Å²) in [6, 6.07) is 20.8. The lowest BCUT2D eigenvalue weighted by Gasteiger charge is -2.13. The lowest BCUT2D eigenvalue weighted by molar-refractivity contribution is -0.139. The summed E-state index contributed by atoms with van der Waals surface area (Å²) in [6.07, 6.45) is 1.50. The van der Waals surface area contributed by atoms with E-state index in [4.69, 9.17) is 4.74 Å². The van der Waals surface area contributed by atoms with Crippen LogP contribution in [0, 0.1) is 0 Å². The number of carbonyl (C=O) groups is 2. The van der Waals surface area contributed by atoms with Crippen LogP contribution in [0.2, 0.25) is 0 Å². The maximum atomic E-state index is 12.1. The van der Waals surface area contributed by atoms with E-state index in [1.165, 1.54) is 6.21 Å². The molecule has 1 atom stereocenters.